The number of nitrogens with zero attached hydrogens (tertiary/aromatic N) is 4. The second-order valence-corrected chi connectivity index (χ2v) is 4.85. The molecule has 0 bridgehead atoms. The Labute approximate surface area is 126 Å². The van der Waals surface area contributed by atoms with Crippen molar-refractivity contribution in [2.75, 3.05) is 0 Å². The van der Waals surface area contributed by atoms with Crippen LogP contribution in [0.15, 0.2) is 30.7 Å². The molecule has 3 aromatic rings. The second-order valence-electron chi connectivity index (χ2n) is 4.11. The Hall–Kier alpha value is -1.86. The highest BCUT2D eigenvalue weighted by molar-refractivity contribution is 6.43. The summed E-state index contributed by atoms with van der Waals surface area (Å²) in [4.78, 5) is 7.76. The van der Waals surface area contributed by atoms with Crippen molar-refractivity contribution >= 4 is 28.8 Å². The molecular weight excluding hydrogens is 328 g/mol. The van der Waals surface area contributed by atoms with Crippen LogP contribution in [-0.4, -0.2) is 19.6 Å². The molecule has 21 heavy (non-hydrogen) atoms. The van der Waals surface area contributed by atoms with E-state index in [0.717, 1.165) is 6.07 Å². The standard InChI is InChI=1S/C12H5Cl2F3N4/c13-8-10(14)20-21-5-6(4-19-11(8)21)9-7(12(15,16)17)2-1-3-18-9/h1-5H. The Balaban J connectivity index is 2.22. The van der Waals surface area contributed by atoms with E-state index in [4.69, 9.17) is 23.2 Å². The average Bonchev–Trinajstić information content (AvgIpc) is 2.73. The number of aromatic nitrogens is 4. The summed E-state index contributed by atoms with van der Waals surface area (Å²) in [5.41, 5.74) is -0.668. The first-order valence-electron chi connectivity index (χ1n) is 5.60. The van der Waals surface area contributed by atoms with Gasteiger partial charge in [0.2, 0.25) is 0 Å². The van der Waals surface area contributed by atoms with Gasteiger partial charge in [-0.1, -0.05) is 23.2 Å². The molecule has 0 radical (unpaired) electrons. The van der Waals surface area contributed by atoms with Crippen molar-refractivity contribution in [1.82, 2.24) is 19.6 Å². The van der Waals surface area contributed by atoms with Gasteiger partial charge in [-0.15, -0.1) is 0 Å². The van der Waals surface area contributed by atoms with Crippen LogP contribution >= 0.6 is 23.2 Å². The van der Waals surface area contributed by atoms with Crippen molar-refractivity contribution in [2.24, 2.45) is 0 Å². The highest BCUT2D eigenvalue weighted by atomic mass is 35.5. The molecule has 0 unspecified atom stereocenters. The Morgan fingerprint density at radius 1 is 1.14 bits per heavy atom. The molecule has 0 saturated heterocycles. The van der Waals surface area contributed by atoms with Gasteiger partial charge in [-0.05, 0) is 12.1 Å². The van der Waals surface area contributed by atoms with Gasteiger partial charge in [0, 0.05) is 24.2 Å². The van der Waals surface area contributed by atoms with Gasteiger partial charge in [0.15, 0.2) is 10.8 Å². The van der Waals surface area contributed by atoms with Crippen LogP contribution in [0.1, 0.15) is 5.56 Å². The molecule has 0 amide bonds. The molecule has 0 saturated carbocycles. The third-order valence-corrected chi connectivity index (χ3v) is 3.47. The van der Waals surface area contributed by atoms with Crippen molar-refractivity contribution < 1.29 is 13.2 Å². The Kier molecular flexibility index (Phi) is 3.26. The number of halogens is 5. The first-order valence-corrected chi connectivity index (χ1v) is 6.35. The number of rotatable bonds is 1. The summed E-state index contributed by atoms with van der Waals surface area (Å²) in [6.45, 7) is 0. The maximum atomic E-state index is 13.0. The third-order valence-electron chi connectivity index (χ3n) is 2.76. The van der Waals surface area contributed by atoms with Crippen LogP contribution in [0.5, 0.6) is 0 Å². The Bertz CT molecular complexity index is 829. The van der Waals surface area contributed by atoms with Gasteiger partial charge in [-0.2, -0.15) is 18.3 Å². The molecule has 0 fully saturated rings. The topological polar surface area (TPSA) is 43.1 Å². The molecule has 0 aliphatic rings. The Morgan fingerprint density at radius 2 is 1.90 bits per heavy atom. The number of alkyl halides is 3. The zero-order valence-electron chi connectivity index (χ0n) is 10.1. The first-order chi connectivity index (χ1) is 9.88. The van der Waals surface area contributed by atoms with Crippen LogP contribution in [0.3, 0.4) is 0 Å². The maximum absolute atomic E-state index is 13.0. The van der Waals surface area contributed by atoms with Crippen molar-refractivity contribution in [3.8, 4) is 11.3 Å². The molecule has 0 N–H and O–H groups in total. The summed E-state index contributed by atoms with van der Waals surface area (Å²) in [5.74, 6) is 0. The quantitative estimate of drug-likeness (QED) is 0.673. The smallest absolute Gasteiger partial charge is 0.256 e. The van der Waals surface area contributed by atoms with Crippen molar-refractivity contribution in [2.45, 2.75) is 6.18 Å². The summed E-state index contributed by atoms with van der Waals surface area (Å²) in [5, 5.41) is 4.03. The minimum Gasteiger partial charge on any atom is -0.256 e. The molecule has 3 rings (SSSR count). The predicted molar refractivity (Wildman–Crippen MR) is 71.2 cm³/mol. The monoisotopic (exact) mass is 332 g/mol. The van der Waals surface area contributed by atoms with Crippen LogP contribution in [0.2, 0.25) is 10.2 Å². The molecule has 0 spiro atoms. The zero-order valence-corrected chi connectivity index (χ0v) is 11.6. The number of hydrogen-bond acceptors (Lipinski definition) is 3. The van der Waals surface area contributed by atoms with Crippen LogP contribution in [0.25, 0.3) is 16.9 Å². The molecule has 0 aliphatic heterocycles. The van der Waals surface area contributed by atoms with Crippen LogP contribution in [0, 0.1) is 0 Å². The molecule has 3 heterocycles. The molecular formula is C12H5Cl2F3N4. The zero-order chi connectivity index (χ0) is 15.2. The van der Waals surface area contributed by atoms with Gasteiger partial charge < -0.3 is 0 Å². The van der Waals surface area contributed by atoms with E-state index in [9.17, 15) is 13.2 Å². The fourth-order valence-electron chi connectivity index (χ4n) is 1.87. The minimum absolute atomic E-state index is 0.0263. The molecule has 0 atom stereocenters. The number of pyridine rings is 1. The van der Waals surface area contributed by atoms with Crippen LogP contribution in [0.4, 0.5) is 13.2 Å². The highest BCUT2D eigenvalue weighted by Crippen LogP contribution is 2.35. The number of hydrogen-bond donors (Lipinski definition) is 0. The molecule has 0 aromatic carbocycles. The lowest BCUT2D eigenvalue weighted by Crippen LogP contribution is -2.08. The van der Waals surface area contributed by atoms with Gasteiger partial charge in [-0.25, -0.2) is 9.50 Å². The van der Waals surface area contributed by atoms with Crippen LogP contribution in [-0.2, 0) is 6.18 Å². The lowest BCUT2D eigenvalue weighted by molar-refractivity contribution is -0.137. The van der Waals surface area contributed by atoms with E-state index in [0.29, 0.717) is 0 Å². The van der Waals surface area contributed by atoms with E-state index < -0.39 is 11.7 Å². The maximum Gasteiger partial charge on any atom is 0.418 e. The normalized spacial score (nSPS) is 12.0. The molecule has 9 heteroatoms. The summed E-state index contributed by atoms with van der Waals surface area (Å²) >= 11 is 11.6. The van der Waals surface area contributed by atoms with Gasteiger partial charge in [0.25, 0.3) is 0 Å². The van der Waals surface area contributed by atoms with Crippen molar-refractivity contribution in [1.29, 1.82) is 0 Å². The molecule has 3 aromatic heterocycles. The lowest BCUT2D eigenvalue weighted by Gasteiger charge is -2.11. The summed E-state index contributed by atoms with van der Waals surface area (Å²) < 4.78 is 40.2. The van der Waals surface area contributed by atoms with Crippen molar-refractivity contribution in [3.63, 3.8) is 0 Å². The molecule has 0 aliphatic carbocycles. The first kappa shape index (κ1) is 14.1. The second kappa shape index (κ2) is 4.85. The Morgan fingerprint density at radius 3 is 2.62 bits per heavy atom. The predicted octanol–water partition coefficient (Wildman–Crippen LogP) is 4.12. The van der Waals surface area contributed by atoms with Crippen LogP contribution < -0.4 is 0 Å². The lowest BCUT2D eigenvalue weighted by atomic mass is 10.1. The fraction of sp³-hybridized carbons (Fsp3) is 0.0833. The van der Waals surface area contributed by atoms with Gasteiger partial charge in [0.05, 0.1) is 11.3 Å². The van der Waals surface area contributed by atoms with Gasteiger partial charge >= 0.3 is 6.18 Å². The SMILES string of the molecule is FC(F)(F)c1cccnc1-c1cnc2c(Cl)c(Cl)nn2c1. The van der Waals surface area contributed by atoms with Gasteiger partial charge in [-0.3, -0.25) is 4.98 Å². The largest absolute Gasteiger partial charge is 0.418 e. The van der Waals surface area contributed by atoms with E-state index >= 15 is 0 Å². The van der Waals surface area contributed by atoms with E-state index in [2.05, 4.69) is 15.1 Å². The number of fused-ring (bicyclic) bond motifs is 1. The molecule has 4 nitrogen and oxygen atoms in total. The summed E-state index contributed by atoms with van der Waals surface area (Å²) in [6, 6.07) is 2.18. The van der Waals surface area contributed by atoms with E-state index in [1.807, 2.05) is 0 Å². The van der Waals surface area contributed by atoms with E-state index in [1.54, 1.807) is 0 Å². The van der Waals surface area contributed by atoms with Crippen molar-refractivity contribution in [3.05, 3.63) is 46.5 Å². The average molecular weight is 333 g/mol. The summed E-state index contributed by atoms with van der Waals surface area (Å²) in [6.07, 6.45) is -0.649. The highest BCUT2D eigenvalue weighted by Gasteiger charge is 2.34. The molecule has 108 valence electrons. The van der Waals surface area contributed by atoms with E-state index in [-0.39, 0.29) is 27.1 Å². The van der Waals surface area contributed by atoms with Gasteiger partial charge in [0.1, 0.15) is 5.02 Å². The van der Waals surface area contributed by atoms with E-state index in [1.165, 1.54) is 29.2 Å². The third kappa shape index (κ3) is 2.43. The minimum atomic E-state index is -4.52. The summed E-state index contributed by atoms with van der Waals surface area (Å²) in [7, 11) is 0. The fourth-order valence-corrected chi connectivity index (χ4v) is 2.21.